The normalized spacial score (nSPS) is 19.8. The van der Waals surface area contributed by atoms with Crippen molar-refractivity contribution in [2.45, 2.75) is 33.3 Å². The second-order valence-corrected chi connectivity index (χ2v) is 5.40. The molecule has 1 aromatic carbocycles. The number of nitrogens with zero attached hydrogens (tertiary/aromatic N) is 1. The fourth-order valence-corrected chi connectivity index (χ4v) is 2.27. The summed E-state index contributed by atoms with van der Waals surface area (Å²) in [6.45, 7) is 5.21. The van der Waals surface area contributed by atoms with Gasteiger partial charge in [-0.1, -0.05) is 6.92 Å². The van der Waals surface area contributed by atoms with Gasteiger partial charge in [-0.2, -0.15) is 5.10 Å². The number of hydrazone groups is 1. The molecule has 5 nitrogen and oxygen atoms in total. The maximum Gasteiger partial charge on any atom is 0.240 e. The molecule has 0 saturated heterocycles. The van der Waals surface area contributed by atoms with Crippen LogP contribution < -0.4 is 10.2 Å². The smallest absolute Gasteiger partial charge is 0.240 e. The predicted octanol–water partition coefficient (Wildman–Crippen LogP) is 1.75. The Labute approximate surface area is 122 Å². The van der Waals surface area contributed by atoms with E-state index >= 15 is 0 Å². The SMILES string of the molecule is Cc1cc(C2=NNC(=O)CC2C)cc(F)c1OCC(C)O. The standard InChI is InChI=1S/C15H19FN2O3/c1-8-5-13(20)17-18-14(8)11-4-9(2)15(12(16)6-11)21-7-10(3)19/h4,6,8,10,19H,5,7H2,1-3H3,(H,17,20). The Morgan fingerprint density at radius 2 is 2.29 bits per heavy atom. The first-order valence-electron chi connectivity index (χ1n) is 6.86. The number of aliphatic hydroxyl groups excluding tert-OH is 1. The molecule has 21 heavy (non-hydrogen) atoms. The lowest BCUT2D eigenvalue weighted by molar-refractivity contribution is -0.121. The number of aliphatic hydroxyl groups is 1. The van der Waals surface area contributed by atoms with Crippen LogP contribution in [0.2, 0.25) is 0 Å². The topological polar surface area (TPSA) is 70.9 Å². The van der Waals surface area contributed by atoms with E-state index in [1.165, 1.54) is 6.07 Å². The van der Waals surface area contributed by atoms with Crippen molar-refractivity contribution in [2.24, 2.45) is 11.0 Å². The zero-order valence-corrected chi connectivity index (χ0v) is 12.3. The van der Waals surface area contributed by atoms with Crippen LogP contribution in [-0.4, -0.2) is 29.4 Å². The second kappa shape index (κ2) is 6.22. The Bertz CT molecular complexity index is 561. The van der Waals surface area contributed by atoms with Gasteiger partial charge in [0.1, 0.15) is 6.61 Å². The van der Waals surface area contributed by atoms with E-state index in [0.717, 1.165) is 0 Å². The number of nitrogens with one attached hydrogen (secondary N) is 1. The number of aryl methyl sites for hydroxylation is 1. The van der Waals surface area contributed by atoms with Crippen molar-refractivity contribution < 1.29 is 19.0 Å². The molecule has 0 aliphatic carbocycles. The molecule has 0 radical (unpaired) electrons. The molecule has 2 N–H and O–H groups in total. The minimum Gasteiger partial charge on any atom is -0.488 e. The first-order chi connectivity index (χ1) is 9.88. The molecule has 2 atom stereocenters. The average molecular weight is 294 g/mol. The van der Waals surface area contributed by atoms with E-state index in [1.807, 2.05) is 6.92 Å². The summed E-state index contributed by atoms with van der Waals surface area (Å²) in [5.41, 5.74) is 4.32. The number of hydrogen-bond donors (Lipinski definition) is 2. The Hall–Kier alpha value is -1.95. The Balaban J connectivity index is 2.29. The van der Waals surface area contributed by atoms with Crippen LogP contribution in [0.25, 0.3) is 0 Å². The van der Waals surface area contributed by atoms with Crippen LogP contribution in [0.1, 0.15) is 31.4 Å². The van der Waals surface area contributed by atoms with Crippen molar-refractivity contribution in [3.63, 3.8) is 0 Å². The summed E-state index contributed by atoms with van der Waals surface area (Å²) in [4.78, 5) is 11.3. The van der Waals surface area contributed by atoms with E-state index in [9.17, 15) is 14.3 Å². The molecular weight excluding hydrogens is 275 g/mol. The fourth-order valence-electron chi connectivity index (χ4n) is 2.27. The van der Waals surface area contributed by atoms with Crippen molar-refractivity contribution in [3.8, 4) is 5.75 Å². The Morgan fingerprint density at radius 1 is 1.57 bits per heavy atom. The third kappa shape index (κ3) is 3.58. The number of amides is 1. The zero-order valence-electron chi connectivity index (χ0n) is 12.3. The molecule has 0 fully saturated rings. The second-order valence-electron chi connectivity index (χ2n) is 5.40. The molecule has 1 heterocycles. The lowest BCUT2D eigenvalue weighted by Gasteiger charge is -2.20. The largest absolute Gasteiger partial charge is 0.488 e. The van der Waals surface area contributed by atoms with E-state index in [1.54, 1.807) is 19.9 Å². The van der Waals surface area contributed by atoms with Crippen molar-refractivity contribution in [3.05, 3.63) is 29.1 Å². The van der Waals surface area contributed by atoms with E-state index in [-0.39, 0.29) is 24.2 Å². The molecule has 2 rings (SSSR count). The van der Waals surface area contributed by atoms with Gasteiger partial charge in [-0.15, -0.1) is 0 Å². The van der Waals surface area contributed by atoms with Gasteiger partial charge in [0.15, 0.2) is 11.6 Å². The fraction of sp³-hybridized carbons (Fsp3) is 0.467. The van der Waals surface area contributed by atoms with Gasteiger partial charge in [0, 0.05) is 17.9 Å². The maximum atomic E-state index is 14.2. The molecule has 0 spiro atoms. The Morgan fingerprint density at radius 3 is 2.86 bits per heavy atom. The highest BCUT2D eigenvalue weighted by Gasteiger charge is 2.23. The summed E-state index contributed by atoms with van der Waals surface area (Å²) in [6, 6.07) is 3.12. The monoisotopic (exact) mass is 294 g/mol. The van der Waals surface area contributed by atoms with Crippen molar-refractivity contribution in [1.82, 2.24) is 5.43 Å². The van der Waals surface area contributed by atoms with Gasteiger partial charge in [0.2, 0.25) is 5.91 Å². The molecule has 1 aliphatic heterocycles. The van der Waals surface area contributed by atoms with Crippen LogP contribution in [0.5, 0.6) is 5.75 Å². The van der Waals surface area contributed by atoms with Crippen LogP contribution in [0, 0.1) is 18.7 Å². The van der Waals surface area contributed by atoms with Crippen LogP contribution >= 0.6 is 0 Å². The highest BCUT2D eigenvalue weighted by atomic mass is 19.1. The van der Waals surface area contributed by atoms with Crippen LogP contribution in [0.4, 0.5) is 4.39 Å². The molecule has 1 aliphatic rings. The number of ether oxygens (including phenoxy) is 1. The lowest BCUT2D eigenvalue weighted by Crippen LogP contribution is -2.32. The van der Waals surface area contributed by atoms with Crippen molar-refractivity contribution in [2.75, 3.05) is 6.61 Å². The van der Waals surface area contributed by atoms with E-state index in [0.29, 0.717) is 23.3 Å². The average Bonchev–Trinajstić information content (AvgIpc) is 2.37. The number of halogens is 1. The van der Waals surface area contributed by atoms with Crippen LogP contribution in [0.15, 0.2) is 17.2 Å². The minimum atomic E-state index is -0.665. The minimum absolute atomic E-state index is 0.0323. The quantitative estimate of drug-likeness (QED) is 0.889. The molecule has 1 aromatic rings. The van der Waals surface area contributed by atoms with Gasteiger partial charge in [0.05, 0.1) is 11.8 Å². The molecule has 114 valence electrons. The number of rotatable bonds is 4. The molecule has 6 heteroatoms. The summed E-state index contributed by atoms with van der Waals surface area (Å²) < 4.78 is 19.5. The van der Waals surface area contributed by atoms with E-state index < -0.39 is 11.9 Å². The number of carbonyl (C=O) groups excluding carboxylic acids is 1. The molecule has 0 bridgehead atoms. The van der Waals surface area contributed by atoms with Gasteiger partial charge in [-0.3, -0.25) is 4.79 Å². The predicted molar refractivity (Wildman–Crippen MR) is 76.8 cm³/mol. The lowest BCUT2D eigenvalue weighted by atomic mass is 9.93. The van der Waals surface area contributed by atoms with Gasteiger partial charge in [-0.05, 0) is 31.5 Å². The number of hydrogen-bond acceptors (Lipinski definition) is 4. The molecule has 2 unspecified atom stereocenters. The third-order valence-corrected chi connectivity index (χ3v) is 3.25. The van der Waals surface area contributed by atoms with Crippen LogP contribution in [0.3, 0.4) is 0 Å². The van der Waals surface area contributed by atoms with Gasteiger partial charge < -0.3 is 9.84 Å². The summed E-state index contributed by atoms with van der Waals surface area (Å²) in [6.07, 6.45) is -0.332. The summed E-state index contributed by atoms with van der Waals surface area (Å²) in [5.74, 6) is -0.577. The number of benzene rings is 1. The molecule has 0 saturated carbocycles. The molecule has 0 aromatic heterocycles. The van der Waals surface area contributed by atoms with Gasteiger partial charge >= 0.3 is 0 Å². The molecule has 1 amide bonds. The first kappa shape index (κ1) is 15.4. The van der Waals surface area contributed by atoms with E-state index in [2.05, 4.69) is 10.5 Å². The first-order valence-corrected chi connectivity index (χ1v) is 6.86. The maximum absolute atomic E-state index is 14.2. The van der Waals surface area contributed by atoms with Crippen molar-refractivity contribution >= 4 is 11.6 Å². The summed E-state index contributed by atoms with van der Waals surface area (Å²) in [5, 5.41) is 13.2. The highest BCUT2D eigenvalue weighted by Crippen LogP contribution is 2.27. The summed E-state index contributed by atoms with van der Waals surface area (Å²) >= 11 is 0. The van der Waals surface area contributed by atoms with Crippen molar-refractivity contribution in [1.29, 1.82) is 0 Å². The zero-order chi connectivity index (χ0) is 15.6. The highest BCUT2D eigenvalue weighted by molar-refractivity contribution is 6.05. The van der Waals surface area contributed by atoms with Crippen LogP contribution in [-0.2, 0) is 4.79 Å². The Kier molecular flexibility index (Phi) is 4.57. The van der Waals surface area contributed by atoms with Gasteiger partial charge in [-0.25, -0.2) is 9.82 Å². The number of carbonyl (C=O) groups is 1. The van der Waals surface area contributed by atoms with Gasteiger partial charge in [0.25, 0.3) is 0 Å². The third-order valence-electron chi connectivity index (χ3n) is 3.25. The summed E-state index contributed by atoms with van der Waals surface area (Å²) in [7, 11) is 0. The van der Waals surface area contributed by atoms with E-state index in [4.69, 9.17) is 4.74 Å². The molecular formula is C15H19FN2O3.